The van der Waals surface area contributed by atoms with Gasteiger partial charge in [-0.25, -0.2) is 0 Å². The molecule has 18 heavy (non-hydrogen) atoms. The summed E-state index contributed by atoms with van der Waals surface area (Å²) in [6, 6.07) is 3.71. The Balaban J connectivity index is 1.95. The number of nitrogens with zero attached hydrogens (tertiary/aromatic N) is 2. The Morgan fingerprint density at radius 1 is 1.33 bits per heavy atom. The van der Waals surface area contributed by atoms with Gasteiger partial charge in [0, 0.05) is 24.2 Å². The highest BCUT2D eigenvalue weighted by atomic mass is 35.5. The number of benzene rings is 1. The summed E-state index contributed by atoms with van der Waals surface area (Å²) in [7, 11) is 0. The molecule has 1 aliphatic rings. The van der Waals surface area contributed by atoms with Crippen LogP contribution in [-0.2, 0) is 0 Å². The highest BCUT2D eigenvalue weighted by Crippen LogP contribution is 2.33. The molecule has 0 bridgehead atoms. The van der Waals surface area contributed by atoms with E-state index in [1.54, 1.807) is 18.5 Å². The van der Waals surface area contributed by atoms with E-state index < -0.39 is 0 Å². The number of hydrogen-bond acceptors (Lipinski definition) is 3. The van der Waals surface area contributed by atoms with Crippen LogP contribution >= 0.6 is 11.6 Å². The third kappa shape index (κ3) is 2.02. The molecule has 0 aliphatic carbocycles. The van der Waals surface area contributed by atoms with Crippen LogP contribution in [0.3, 0.4) is 0 Å². The van der Waals surface area contributed by atoms with E-state index >= 15 is 0 Å². The average molecular weight is 260 g/mol. The number of aromatic nitrogens is 2. The molecule has 0 spiro atoms. The summed E-state index contributed by atoms with van der Waals surface area (Å²) in [5, 5.41) is 8.22. The molecule has 1 aromatic carbocycles. The predicted octanol–water partition coefficient (Wildman–Crippen LogP) is 3.47. The van der Waals surface area contributed by atoms with E-state index in [1.165, 1.54) is 0 Å². The maximum atomic E-state index is 6.28. The van der Waals surface area contributed by atoms with Crippen molar-refractivity contribution in [1.29, 1.82) is 0 Å². The molecule has 2 aromatic rings. The predicted molar refractivity (Wildman–Crippen MR) is 72.1 cm³/mol. The van der Waals surface area contributed by atoms with Crippen molar-refractivity contribution in [3.63, 3.8) is 0 Å². The van der Waals surface area contributed by atoms with Crippen molar-refractivity contribution < 1.29 is 4.74 Å². The van der Waals surface area contributed by atoms with Crippen molar-refractivity contribution in [3.05, 3.63) is 47.5 Å². The second-order valence-corrected chi connectivity index (χ2v) is 4.18. The van der Waals surface area contributed by atoms with E-state index in [9.17, 15) is 0 Å². The summed E-state index contributed by atoms with van der Waals surface area (Å²) >= 11 is 6.28. The maximum absolute atomic E-state index is 6.28. The first kappa shape index (κ1) is 11.0. The Kier molecular flexibility index (Phi) is 2.86. The molecule has 0 radical (unpaired) electrons. The lowest BCUT2D eigenvalue weighted by Crippen LogP contribution is -1.93. The molecule has 0 atom stereocenters. The summed E-state index contributed by atoms with van der Waals surface area (Å²) in [5.74, 6) is 1.35. The molecule has 0 fully saturated rings. The van der Waals surface area contributed by atoms with Gasteiger partial charge in [-0.05, 0) is 24.3 Å². The second-order valence-electron chi connectivity index (χ2n) is 3.80. The van der Waals surface area contributed by atoms with E-state index in [1.807, 2.05) is 24.4 Å². The SMILES string of the molecule is Clc1c(OC2=CCC=NC=C2)ccc2[nH]ncc12. The number of rotatable bonds is 2. The van der Waals surface area contributed by atoms with Crippen molar-refractivity contribution >= 4 is 28.7 Å². The van der Waals surface area contributed by atoms with Crippen LogP contribution in [0.2, 0.25) is 5.02 Å². The van der Waals surface area contributed by atoms with Gasteiger partial charge in [-0.2, -0.15) is 5.10 Å². The van der Waals surface area contributed by atoms with Crippen molar-refractivity contribution in [1.82, 2.24) is 10.2 Å². The Labute approximate surface area is 109 Å². The number of H-pyrrole nitrogens is 1. The van der Waals surface area contributed by atoms with Crippen LogP contribution in [0.4, 0.5) is 0 Å². The molecule has 0 unspecified atom stereocenters. The van der Waals surface area contributed by atoms with E-state index in [0.29, 0.717) is 10.8 Å². The van der Waals surface area contributed by atoms with Crippen LogP contribution in [0.15, 0.2) is 47.4 Å². The summed E-state index contributed by atoms with van der Waals surface area (Å²) in [6.07, 6.45) is 9.69. The lowest BCUT2D eigenvalue weighted by molar-refractivity contribution is 0.444. The van der Waals surface area contributed by atoms with Gasteiger partial charge in [-0.1, -0.05) is 11.6 Å². The highest BCUT2D eigenvalue weighted by Gasteiger charge is 2.09. The number of ether oxygens (including phenoxy) is 1. The number of allylic oxidation sites excluding steroid dienone is 2. The summed E-state index contributed by atoms with van der Waals surface area (Å²) in [4.78, 5) is 4.04. The van der Waals surface area contributed by atoms with E-state index in [4.69, 9.17) is 16.3 Å². The third-order valence-electron chi connectivity index (χ3n) is 2.61. The lowest BCUT2D eigenvalue weighted by Gasteiger charge is -2.08. The zero-order chi connectivity index (χ0) is 12.4. The molecule has 3 rings (SSSR count). The molecular weight excluding hydrogens is 250 g/mol. The van der Waals surface area contributed by atoms with Crippen LogP contribution in [0.25, 0.3) is 10.9 Å². The molecule has 0 saturated carbocycles. The van der Waals surface area contributed by atoms with Crippen molar-refractivity contribution in [3.8, 4) is 5.75 Å². The molecule has 0 saturated heterocycles. The molecule has 90 valence electrons. The van der Waals surface area contributed by atoms with Crippen LogP contribution in [-0.4, -0.2) is 16.4 Å². The van der Waals surface area contributed by atoms with Crippen LogP contribution < -0.4 is 4.74 Å². The second kappa shape index (κ2) is 4.66. The number of nitrogens with one attached hydrogen (secondary N) is 1. The van der Waals surface area contributed by atoms with Gasteiger partial charge in [0.1, 0.15) is 11.5 Å². The Morgan fingerprint density at radius 3 is 3.22 bits per heavy atom. The molecule has 1 N–H and O–H groups in total. The summed E-state index contributed by atoms with van der Waals surface area (Å²) in [5.41, 5.74) is 0.890. The molecule has 5 heteroatoms. The van der Waals surface area contributed by atoms with Gasteiger partial charge in [-0.3, -0.25) is 10.1 Å². The zero-order valence-electron chi connectivity index (χ0n) is 9.43. The van der Waals surface area contributed by atoms with Crippen molar-refractivity contribution in [2.24, 2.45) is 4.99 Å². The van der Waals surface area contributed by atoms with Gasteiger partial charge in [0.15, 0.2) is 0 Å². The van der Waals surface area contributed by atoms with Gasteiger partial charge >= 0.3 is 0 Å². The third-order valence-corrected chi connectivity index (χ3v) is 3.00. The maximum Gasteiger partial charge on any atom is 0.146 e. The minimum Gasteiger partial charge on any atom is -0.456 e. The van der Waals surface area contributed by atoms with Gasteiger partial charge in [0.25, 0.3) is 0 Å². The van der Waals surface area contributed by atoms with Crippen LogP contribution in [0.1, 0.15) is 6.42 Å². The average Bonchev–Trinajstić information content (AvgIpc) is 2.71. The summed E-state index contributed by atoms with van der Waals surface area (Å²) < 4.78 is 5.76. The van der Waals surface area contributed by atoms with Gasteiger partial charge in [0.2, 0.25) is 0 Å². The number of halogens is 1. The smallest absolute Gasteiger partial charge is 0.146 e. The Morgan fingerprint density at radius 2 is 2.28 bits per heavy atom. The van der Waals surface area contributed by atoms with E-state index in [2.05, 4.69) is 15.2 Å². The summed E-state index contributed by atoms with van der Waals surface area (Å²) in [6.45, 7) is 0. The first-order chi connectivity index (χ1) is 8.84. The molecule has 1 aromatic heterocycles. The Bertz CT molecular complexity index is 670. The zero-order valence-corrected chi connectivity index (χ0v) is 10.2. The number of hydrogen-bond donors (Lipinski definition) is 1. The van der Waals surface area contributed by atoms with E-state index in [-0.39, 0.29) is 0 Å². The highest BCUT2D eigenvalue weighted by molar-refractivity contribution is 6.36. The molecule has 4 nitrogen and oxygen atoms in total. The fraction of sp³-hybridized carbons (Fsp3) is 0.0769. The van der Waals surface area contributed by atoms with Crippen LogP contribution in [0.5, 0.6) is 5.75 Å². The quantitative estimate of drug-likeness (QED) is 0.898. The number of aliphatic imine (C=N–C) groups is 1. The van der Waals surface area contributed by atoms with Crippen LogP contribution in [0, 0.1) is 0 Å². The van der Waals surface area contributed by atoms with E-state index in [0.717, 1.165) is 23.1 Å². The van der Waals surface area contributed by atoms with Gasteiger partial charge < -0.3 is 4.74 Å². The first-order valence-corrected chi connectivity index (χ1v) is 5.90. The van der Waals surface area contributed by atoms with Crippen molar-refractivity contribution in [2.45, 2.75) is 6.42 Å². The molecule has 2 heterocycles. The molecule has 1 aliphatic heterocycles. The number of aromatic amines is 1. The first-order valence-electron chi connectivity index (χ1n) is 5.52. The minimum atomic E-state index is 0.556. The van der Waals surface area contributed by atoms with Crippen molar-refractivity contribution in [2.75, 3.05) is 0 Å². The number of fused-ring (bicyclic) bond motifs is 1. The normalized spacial score (nSPS) is 14.6. The fourth-order valence-corrected chi connectivity index (χ4v) is 1.97. The molecule has 0 amide bonds. The standard InChI is InChI=1S/C13H10ClN3O/c14-13-10-8-16-17-11(10)3-4-12(13)18-9-2-1-6-15-7-5-9/h2-8H,1H2,(H,16,17). The Hall–Kier alpha value is -2.07. The topological polar surface area (TPSA) is 50.3 Å². The largest absolute Gasteiger partial charge is 0.456 e. The van der Waals surface area contributed by atoms with Gasteiger partial charge in [0.05, 0.1) is 16.7 Å². The lowest BCUT2D eigenvalue weighted by atomic mass is 10.2. The molecular formula is C13H10ClN3O. The van der Waals surface area contributed by atoms with Gasteiger partial charge in [-0.15, -0.1) is 0 Å². The fourth-order valence-electron chi connectivity index (χ4n) is 1.72. The monoisotopic (exact) mass is 259 g/mol. The minimum absolute atomic E-state index is 0.556.